The van der Waals surface area contributed by atoms with Gasteiger partial charge in [0.15, 0.2) is 7.37 Å². The molecule has 2 aliphatic carbocycles. The summed E-state index contributed by atoms with van der Waals surface area (Å²) in [5, 5.41) is 3.08. The van der Waals surface area contributed by atoms with Crippen LogP contribution in [0, 0.1) is 17.8 Å². The van der Waals surface area contributed by atoms with Crippen molar-refractivity contribution in [2.75, 3.05) is 12.8 Å². The Bertz CT molecular complexity index is 816. The minimum Gasteiger partial charge on any atom is -0.349 e. The first-order valence-corrected chi connectivity index (χ1v) is 12.8. The number of carbonyl (C=O) groups is 1. The zero-order valence-corrected chi connectivity index (χ0v) is 18.0. The first-order chi connectivity index (χ1) is 14.0. The minimum absolute atomic E-state index is 0.0384. The molecule has 30 heavy (non-hydrogen) atoms. The molecule has 1 amide bonds. The number of allylic oxidation sites excluding steroid dienone is 2. The van der Waals surface area contributed by atoms with E-state index in [1.54, 1.807) is 0 Å². The molecule has 0 saturated heterocycles. The molecule has 0 aliphatic heterocycles. The van der Waals surface area contributed by atoms with E-state index in [9.17, 15) is 27.4 Å². The van der Waals surface area contributed by atoms with Gasteiger partial charge in [-0.2, -0.15) is 13.2 Å². The maximum atomic E-state index is 12.7. The summed E-state index contributed by atoms with van der Waals surface area (Å²) in [7, 11) is -2.96. The van der Waals surface area contributed by atoms with E-state index in [4.69, 9.17) is 0 Å². The zero-order valence-electron chi connectivity index (χ0n) is 17.1. The molecule has 4 nitrogen and oxygen atoms in total. The molecule has 3 rings (SSSR count). The third kappa shape index (κ3) is 5.98. The van der Waals surface area contributed by atoms with Crippen molar-refractivity contribution in [3.05, 3.63) is 47.5 Å². The number of amides is 1. The third-order valence-corrected chi connectivity index (χ3v) is 7.53. The summed E-state index contributed by atoms with van der Waals surface area (Å²) < 4.78 is 49.5. The molecule has 2 saturated carbocycles. The Kier molecular flexibility index (Phi) is 7.13. The summed E-state index contributed by atoms with van der Waals surface area (Å²) >= 11 is 0. The van der Waals surface area contributed by atoms with E-state index in [2.05, 4.69) is 11.4 Å². The Balaban J connectivity index is 1.56. The second kappa shape index (κ2) is 9.27. The molecule has 0 spiro atoms. The maximum absolute atomic E-state index is 12.7. The van der Waals surface area contributed by atoms with Crippen molar-refractivity contribution in [3.63, 3.8) is 0 Å². The number of fused-ring (bicyclic) bond motifs is 2. The smallest absolute Gasteiger partial charge is 0.349 e. The fourth-order valence-electron chi connectivity index (χ4n) is 4.89. The number of halogens is 3. The lowest BCUT2D eigenvalue weighted by atomic mass is 9.82. The quantitative estimate of drug-likeness (QED) is 0.318. The normalized spacial score (nSPS) is 28.0. The predicted molar refractivity (Wildman–Crippen MR) is 111 cm³/mol. The van der Waals surface area contributed by atoms with Crippen LogP contribution in [-0.2, 0) is 10.7 Å². The Hall–Kier alpha value is -1.59. The largest absolute Gasteiger partial charge is 0.416 e. The Morgan fingerprint density at radius 1 is 1.20 bits per heavy atom. The van der Waals surface area contributed by atoms with Gasteiger partial charge < -0.3 is 10.2 Å². The van der Waals surface area contributed by atoms with Gasteiger partial charge in [0.05, 0.1) is 5.56 Å². The Labute approximate surface area is 175 Å². The number of rotatable bonds is 8. The molecule has 0 heterocycles. The average molecular weight is 443 g/mol. The lowest BCUT2D eigenvalue weighted by molar-refractivity contribution is -0.137. The average Bonchev–Trinajstić information content (AvgIpc) is 3.25. The van der Waals surface area contributed by atoms with Crippen LogP contribution >= 0.6 is 7.37 Å². The molecule has 2 bridgehead atoms. The summed E-state index contributed by atoms with van der Waals surface area (Å²) in [4.78, 5) is 22.0. The second-order valence-electron chi connectivity index (χ2n) is 8.70. The van der Waals surface area contributed by atoms with Gasteiger partial charge in [-0.05, 0) is 80.5 Å². The van der Waals surface area contributed by atoms with Crippen LogP contribution in [0.3, 0.4) is 0 Å². The van der Waals surface area contributed by atoms with Crippen LogP contribution in [0.25, 0.3) is 0 Å². The van der Waals surface area contributed by atoms with Crippen molar-refractivity contribution in [2.24, 2.45) is 17.8 Å². The van der Waals surface area contributed by atoms with E-state index >= 15 is 0 Å². The lowest BCUT2D eigenvalue weighted by Crippen LogP contribution is -2.43. The second-order valence-corrected chi connectivity index (χ2v) is 11.2. The van der Waals surface area contributed by atoms with E-state index in [-0.39, 0.29) is 17.5 Å². The molecule has 5 atom stereocenters. The van der Waals surface area contributed by atoms with Gasteiger partial charge in [-0.25, -0.2) is 0 Å². The number of nitrogens with one attached hydrogen (secondary N) is 1. The highest BCUT2D eigenvalue weighted by Crippen LogP contribution is 2.50. The molecule has 8 heteroatoms. The van der Waals surface area contributed by atoms with Crippen LogP contribution < -0.4 is 5.32 Å². The van der Waals surface area contributed by atoms with Crippen LogP contribution in [0.15, 0.2) is 36.4 Å². The number of hydrogen-bond donors (Lipinski definition) is 2. The van der Waals surface area contributed by atoms with Crippen LogP contribution in [0.5, 0.6) is 0 Å². The van der Waals surface area contributed by atoms with E-state index in [1.165, 1.54) is 18.8 Å². The topological polar surface area (TPSA) is 66.4 Å². The zero-order chi connectivity index (χ0) is 21.9. The Morgan fingerprint density at radius 3 is 2.50 bits per heavy atom. The number of alkyl halides is 3. The number of benzene rings is 1. The van der Waals surface area contributed by atoms with Gasteiger partial charge in [-0.1, -0.05) is 12.2 Å². The van der Waals surface area contributed by atoms with Crippen LogP contribution in [0.2, 0.25) is 0 Å². The van der Waals surface area contributed by atoms with Gasteiger partial charge in [0.1, 0.15) is 0 Å². The lowest BCUT2D eigenvalue weighted by Gasteiger charge is -2.31. The first kappa shape index (κ1) is 23.1. The van der Waals surface area contributed by atoms with Crippen LogP contribution in [0.4, 0.5) is 13.2 Å². The van der Waals surface area contributed by atoms with Gasteiger partial charge in [0, 0.05) is 24.4 Å². The molecule has 2 N–H and O–H groups in total. The SMILES string of the molecule is CP(=O)(O)CCC/C=C\CC1C(NC(=O)c2ccc(C(F)(F)F)cc2)[C@@H]2CC[C@H]1C2. The van der Waals surface area contributed by atoms with Crippen molar-refractivity contribution >= 4 is 13.3 Å². The predicted octanol–water partition coefficient (Wildman–Crippen LogP) is 5.48. The number of hydrogen-bond acceptors (Lipinski definition) is 2. The summed E-state index contributed by atoms with van der Waals surface area (Å²) in [6.45, 7) is 1.37. The van der Waals surface area contributed by atoms with Crippen molar-refractivity contribution in [2.45, 2.75) is 50.7 Å². The maximum Gasteiger partial charge on any atom is 0.416 e. The van der Waals surface area contributed by atoms with Crippen LogP contribution in [0.1, 0.15) is 54.4 Å². The fourth-order valence-corrected chi connectivity index (χ4v) is 5.66. The van der Waals surface area contributed by atoms with E-state index in [0.717, 1.165) is 44.2 Å². The first-order valence-electron chi connectivity index (χ1n) is 10.5. The van der Waals surface area contributed by atoms with Gasteiger partial charge in [-0.3, -0.25) is 9.36 Å². The molecule has 0 radical (unpaired) electrons. The fraction of sp³-hybridized carbons (Fsp3) is 0.591. The van der Waals surface area contributed by atoms with Crippen molar-refractivity contribution in [1.29, 1.82) is 0 Å². The summed E-state index contributed by atoms with van der Waals surface area (Å²) in [5.41, 5.74) is -0.518. The molecule has 1 aromatic carbocycles. The van der Waals surface area contributed by atoms with E-state index < -0.39 is 19.1 Å². The highest BCUT2D eigenvalue weighted by molar-refractivity contribution is 7.57. The molecule has 0 aromatic heterocycles. The highest BCUT2D eigenvalue weighted by Gasteiger charge is 2.47. The van der Waals surface area contributed by atoms with Crippen LogP contribution in [-0.4, -0.2) is 29.7 Å². The molecule has 2 aliphatic rings. The molecule has 1 aromatic rings. The minimum atomic E-state index is -4.41. The van der Waals surface area contributed by atoms with Gasteiger partial charge >= 0.3 is 6.18 Å². The van der Waals surface area contributed by atoms with Gasteiger partial charge in [0.25, 0.3) is 5.91 Å². The highest BCUT2D eigenvalue weighted by atomic mass is 31.2. The summed E-state index contributed by atoms with van der Waals surface area (Å²) in [6.07, 6.45) is 5.61. The van der Waals surface area contributed by atoms with Gasteiger partial charge in [0.2, 0.25) is 0 Å². The van der Waals surface area contributed by atoms with E-state index in [0.29, 0.717) is 30.3 Å². The van der Waals surface area contributed by atoms with Crippen molar-refractivity contribution in [3.8, 4) is 0 Å². The molecular weight excluding hydrogens is 414 g/mol. The monoisotopic (exact) mass is 443 g/mol. The third-order valence-electron chi connectivity index (χ3n) is 6.38. The number of carbonyl (C=O) groups excluding carboxylic acids is 1. The number of unbranched alkanes of at least 4 members (excludes halogenated alkanes) is 1. The van der Waals surface area contributed by atoms with Crippen molar-refractivity contribution < 1.29 is 27.4 Å². The Morgan fingerprint density at radius 2 is 1.87 bits per heavy atom. The molecule has 2 fully saturated rings. The molecule has 3 unspecified atom stereocenters. The summed E-state index contributed by atoms with van der Waals surface area (Å²) in [6, 6.07) is 4.38. The van der Waals surface area contributed by atoms with Crippen molar-refractivity contribution in [1.82, 2.24) is 5.32 Å². The molecular formula is C22H29F3NO3P. The molecule has 166 valence electrons. The van der Waals surface area contributed by atoms with Gasteiger partial charge in [-0.15, -0.1) is 0 Å². The van der Waals surface area contributed by atoms with E-state index in [1.807, 2.05) is 6.08 Å². The standard InChI is InChI=1S/C22H29F3NO3P/c1-30(28,29)13-5-3-2-4-6-19-16-7-8-17(14-16)20(19)26-21(27)15-9-11-18(12-10-15)22(23,24)25/h2,4,9-12,16-17,19-20H,3,5-8,13-14H2,1H3,(H,26,27)(H,28,29)/b4-2-/t16-,17+,19?,20?/m0/s1. The summed E-state index contributed by atoms with van der Waals surface area (Å²) in [5.74, 6) is 0.989.